The Morgan fingerprint density at radius 1 is 0.846 bits per heavy atom. The summed E-state index contributed by atoms with van der Waals surface area (Å²) in [6.07, 6.45) is 2.72. The van der Waals surface area contributed by atoms with Crippen LogP contribution in [0, 0.1) is 0 Å². The molecular weight excluding hydrogens is 356 g/mol. The molecule has 134 valence electrons. The minimum Gasteiger partial charge on any atom is -0.423 e. The van der Waals surface area contributed by atoms with Gasteiger partial charge in [-0.05, 0) is 48.0 Å². The zero-order valence-electron chi connectivity index (χ0n) is 14.1. The Kier molecular flexibility index (Phi) is 6.57. The number of hydrogen-bond acceptors (Lipinski definition) is 7. The molecule has 0 radical (unpaired) electrons. The van der Waals surface area contributed by atoms with Crippen LogP contribution in [0.4, 0.5) is 0 Å². The lowest BCUT2D eigenvalue weighted by Gasteiger charge is -2.09. The molecule has 0 saturated heterocycles. The van der Waals surface area contributed by atoms with E-state index in [0.717, 1.165) is 4.90 Å². The highest BCUT2D eigenvalue weighted by atomic mass is 32.1. The first-order chi connectivity index (χ1) is 12.3. The molecule has 2 aromatic rings. The van der Waals surface area contributed by atoms with Crippen LogP contribution in [-0.4, -0.2) is 17.9 Å². The third kappa shape index (κ3) is 6.10. The van der Waals surface area contributed by atoms with Gasteiger partial charge in [0, 0.05) is 24.8 Å². The molecule has 0 bridgehead atoms. The maximum Gasteiger partial charge on any atom is 0.336 e. The molecule has 0 aliphatic heterocycles. The molecule has 26 heavy (non-hydrogen) atoms. The van der Waals surface area contributed by atoms with Gasteiger partial charge in [0.2, 0.25) is 0 Å². The van der Waals surface area contributed by atoms with E-state index in [2.05, 4.69) is 12.6 Å². The fourth-order valence-electron chi connectivity index (χ4n) is 1.93. The molecule has 0 heterocycles. The fraction of sp³-hybridized carbons (Fsp3) is 0.105. The van der Waals surface area contributed by atoms with Gasteiger partial charge in [-0.1, -0.05) is 6.07 Å². The van der Waals surface area contributed by atoms with Gasteiger partial charge in [-0.15, -0.1) is 12.6 Å². The predicted molar refractivity (Wildman–Crippen MR) is 97.4 cm³/mol. The molecule has 0 aromatic heterocycles. The molecule has 0 fully saturated rings. The Balaban J connectivity index is 2.13. The molecule has 0 unspecified atom stereocenters. The van der Waals surface area contributed by atoms with Gasteiger partial charge in [-0.3, -0.25) is 9.59 Å². The average molecular weight is 372 g/mol. The van der Waals surface area contributed by atoms with E-state index in [-0.39, 0.29) is 11.5 Å². The third-order valence-electron chi connectivity index (χ3n) is 2.94. The first-order valence-corrected chi connectivity index (χ1v) is 7.98. The van der Waals surface area contributed by atoms with Crippen LogP contribution in [-0.2, 0) is 14.4 Å². The number of thiol groups is 1. The summed E-state index contributed by atoms with van der Waals surface area (Å²) >= 11 is 4.15. The second-order valence-corrected chi connectivity index (χ2v) is 5.66. The first-order valence-electron chi connectivity index (χ1n) is 7.53. The molecule has 0 saturated carbocycles. The smallest absolute Gasteiger partial charge is 0.336 e. The summed E-state index contributed by atoms with van der Waals surface area (Å²) in [6.45, 7) is 2.47. The highest BCUT2D eigenvalue weighted by molar-refractivity contribution is 7.80. The van der Waals surface area contributed by atoms with Crippen LogP contribution < -0.4 is 14.2 Å². The summed E-state index contributed by atoms with van der Waals surface area (Å²) in [6, 6.07) is 11.2. The van der Waals surface area contributed by atoms with Crippen molar-refractivity contribution in [1.82, 2.24) is 0 Å². The minimum atomic E-state index is -0.574. The lowest BCUT2D eigenvalue weighted by Crippen LogP contribution is -2.07. The molecule has 0 amide bonds. The van der Waals surface area contributed by atoms with E-state index < -0.39 is 17.9 Å². The summed E-state index contributed by atoms with van der Waals surface area (Å²) < 4.78 is 15.2. The monoisotopic (exact) mass is 372 g/mol. The summed E-state index contributed by atoms with van der Waals surface area (Å²) in [4.78, 5) is 34.9. The quantitative estimate of drug-likeness (QED) is 0.375. The fourth-order valence-corrected chi connectivity index (χ4v) is 2.08. The van der Waals surface area contributed by atoms with Crippen LogP contribution in [0.3, 0.4) is 0 Å². The van der Waals surface area contributed by atoms with Crippen molar-refractivity contribution in [2.45, 2.75) is 18.7 Å². The Labute approximate surface area is 155 Å². The topological polar surface area (TPSA) is 78.9 Å². The van der Waals surface area contributed by atoms with Crippen molar-refractivity contribution < 1.29 is 28.6 Å². The van der Waals surface area contributed by atoms with E-state index in [9.17, 15) is 14.4 Å². The van der Waals surface area contributed by atoms with E-state index in [0.29, 0.717) is 11.3 Å². The van der Waals surface area contributed by atoms with Crippen LogP contribution in [0.1, 0.15) is 19.4 Å². The van der Waals surface area contributed by atoms with Gasteiger partial charge in [0.05, 0.1) is 0 Å². The minimum absolute atomic E-state index is 0.0765. The molecule has 0 spiro atoms. The number of esters is 3. The van der Waals surface area contributed by atoms with Gasteiger partial charge >= 0.3 is 17.9 Å². The van der Waals surface area contributed by atoms with Crippen LogP contribution in [0.15, 0.2) is 53.4 Å². The number of ether oxygens (including phenoxy) is 3. The molecule has 0 aliphatic rings. The zero-order valence-corrected chi connectivity index (χ0v) is 15.0. The van der Waals surface area contributed by atoms with Crippen molar-refractivity contribution in [3.63, 3.8) is 0 Å². The highest BCUT2D eigenvalue weighted by Gasteiger charge is 2.10. The van der Waals surface area contributed by atoms with Gasteiger partial charge in [0.15, 0.2) is 11.5 Å². The Morgan fingerprint density at radius 3 is 2.08 bits per heavy atom. The molecule has 2 rings (SSSR count). The van der Waals surface area contributed by atoms with Crippen molar-refractivity contribution in [3.05, 3.63) is 54.1 Å². The summed E-state index contributed by atoms with van der Waals surface area (Å²) in [7, 11) is 0. The number of benzene rings is 2. The number of hydrogen-bond donors (Lipinski definition) is 1. The molecule has 2 aromatic carbocycles. The Bertz CT molecular complexity index is 855. The van der Waals surface area contributed by atoms with Gasteiger partial charge in [-0.25, -0.2) is 4.79 Å². The van der Waals surface area contributed by atoms with Gasteiger partial charge in [-0.2, -0.15) is 0 Å². The van der Waals surface area contributed by atoms with E-state index in [4.69, 9.17) is 14.2 Å². The van der Waals surface area contributed by atoms with Crippen molar-refractivity contribution in [3.8, 4) is 17.2 Å². The number of carbonyl (C=O) groups excluding carboxylic acids is 3. The Hall–Kier alpha value is -3.06. The van der Waals surface area contributed by atoms with Crippen molar-refractivity contribution >= 4 is 36.6 Å². The molecule has 7 heteroatoms. The normalized spacial score (nSPS) is 10.4. The number of carbonyl (C=O) groups is 3. The molecule has 0 N–H and O–H groups in total. The second-order valence-electron chi connectivity index (χ2n) is 5.14. The molecule has 6 nitrogen and oxygen atoms in total. The van der Waals surface area contributed by atoms with Crippen molar-refractivity contribution in [2.24, 2.45) is 0 Å². The largest absolute Gasteiger partial charge is 0.423 e. The SMILES string of the molecule is CC(=O)Oc1ccc(/C=C/C(=O)Oc2ccc(S)cc2)cc1OC(C)=O. The summed E-state index contributed by atoms with van der Waals surface area (Å²) in [5.41, 5.74) is 0.555. The molecule has 0 atom stereocenters. The summed E-state index contributed by atoms with van der Waals surface area (Å²) in [5, 5.41) is 0. The van der Waals surface area contributed by atoms with E-state index >= 15 is 0 Å². The average Bonchev–Trinajstić information content (AvgIpc) is 2.56. The van der Waals surface area contributed by atoms with Crippen LogP contribution in [0.5, 0.6) is 17.2 Å². The van der Waals surface area contributed by atoms with Crippen LogP contribution in [0.2, 0.25) is 0 Å². The molecule has 0 aliphatic carbocycles. The predicted octanol–water partition coefficient (Wildman–Crippen LogP) is 3.44. The van der Waals surface area contributed by atoms with E-state index in [1.807, 2.05) is 0 Å². The zero-order chi connectivity index (χ0) is 19.1. The van der Waals surface area contributed by atoms with E-state index in [1.165, 1.54) is 38.1 Å². The van der Waals surface area contributed by atoms with Gasteiger partial charge in [0.25, 0.3) is 0 Å². The molecular formula is C19H16O6S. The second kappa shape index (κ2) is 8.87. The highest BCUT2D eigenvalue weighted by Crippen LogP contribution is 2.29. The van der Waals surface area contributed by atoms with E-state index in [1.54, 1.807) is 30.3 Å². The lowest BCUT2D eigenvalue weighted by molar-refractivity contribution is -0.134. The van der Waals surface area contributed by atoms with Gasteiger partial charge < -0.3 is 14.2 Å². The lowest BCUT2D eigenvalue weighted by atomic mass is 10.2. The van der Waals surface area contributed by atoms with Crippen molar-refractivity contribution in [1.29, 1.82) is 0 Å². The third-order valence-corrected chi connectivity index (χ3v) is 3.24. The maximum atomic E-state index is 11.9. The van der Waals surface area contributed by atoms with Crippen molar-refractivity contribution in [2.75, 3.05) is 0 Å². The summed E-state index contributed by atoms with van der Waals surface area (Å²) in [5.74, 6) is -1.10. The van der Waals surface area contributed by atoms with Crippen LogP contribution >= 0.6 is 12.6 Å². The standard InChI is InChI=1S/C19H16O6S/c1-12(20)23-17-9-3-14(11-18(17)24-13(2)21)4-10-19(22)25-15-5-7-16(26)8-6-15/h3-11,26H,1-2H3/b10-4+. The van der Waals surface area contributed by atoms with Crippen LogP contribution in [0.25, 0.3) is 6.08 Å². The van der Waals surface area contributed by atoms with Gasteiger partial charge in [0.1, 0.15) is 5.75 Å². The first kappa shape index (κ1) is 19.3. The Morgan fingerprint density at radius 2 is 1.46 bits per heavy atom. The number of rotatable bonds is 5. The maximum absolute atomic E-state index is 11.9.